The topological polar surface area (TPSA) is 66.8 Å². The fourth-order valence-electron chi connectivity index (χ4n) is 1.64. The molecule has 1 rings (SSSR count). The van der Waals surface area contributed by atoms with Gasteiger partial charge in [0.25, 0.3) is 0 Å². The molecule has 0 aliphatic heterocycles. The van der Waals surface area contributed by atoms with E-state index >= 15 is 0 Å². The normalized spacial score (nSPS) is 11.2. The zero-order valence-electron chi connectivity index (χ0n) is 11.6. The Morgan fingerprint density at radius 1 is 1.32 bits per heavy atom. The van der Waals surface area contributed by atoms with Gasteiger partial charge in [0.05, 0.1) is 23.3 Å². The summed E-state index contributed by atoms with van der Waals surface area (Å²) in [4.78, 5) is 24.6. The van der Waals surface area contributed by atoms with Crippen molar-refractivity contribution < 1.29 is 19.4 Å². The molecular weight excluding hydrogens is 246 g/mol. The Hall–Kier alpha value is -1.88. The van der Waals surface area contributed by atoms with Crippen LogP contribution in [0.2, 0.25) is 0 Å². The molecule has 0 aromatic heterocycles. The zero-order valence-corrected chi connectivity index (χ0v) is 11.6. The second kappa shape index (κ2) is 5.84. The Bertz CT molecular complexity index is 482. The maximum atomic E-state index is 12.1. The number of aromatic carboxylic acids is 1. The molecule has 0 heterocycles. The molecule has 0 bridgehead atoms. The minimum atomic E-state index is -1.05. The monoisotopic (exact) mass is 265 g/mol. The standard InChI is InChI=1S/C14H19NO4/c1-14(2,19-4)9-12(16)15(3)11-8-6-5-7-10(11)13(17)18/h5-8H,9H2,1-4H3,(H,17,18). The summed E-state index contributed by atoms with van der Waals surface area (Å²) in [6.45, 7) is 3.61. The zero-order chi connectivity index (χ0) is 14.6. The van der Waals surface area contributed by atoms with Crippen molar-refractivity contribution in [2.45, 2.75) is 25.9 Å². The number of hydrogen-bond donors (Lipinski definition) is 1. The van der Waals surface area contributed by atoms with E-state index in [1.165, 1.54) is 11.0 Å². The highest BCUT2D eigenvalue weighted by Crippen LogP contribution is 2.22. The Balaban J connectivity index is 2.98. The molecule has 0 saturated carbocycles. The lowest BCUT2D eigenvalue weighted by molar-refractivity contribution is -0.123. The van der Waals surface area contributed by atoms with Gasteiger partial charge in [0.2, 0.25) is 5.91 Å². The van der Waals surface area contributed by atoms with E-state index in [0.717, 1.165) is 0 Å². The van der Waals surface area contributed by atoms with E-state index in [-0.39, 0.29) is 17.9 Å². The van der Waals surface area contributed by atoms with E-state index in [2.05, 4.69) is 0 Å². The predicted molar refractivity (Wildman–Crippen MR) is 72.5 cm³/mol. The van der Waals surface area contributed by atoms with Gasteiger partial charge in [-0.1, -0.05) is 12.1 Å². The fourth-order valence-corrected chi connectivity index (χ4v) is 1.64. The lowest BCUT2D eigenvalue weighted by atomic mass is 10.0. The maximum Gasteiger partial charge on any atom is 0.337 e. The predicted octanol–water partition coefficient (Wildman–Crippen LogP) is 2.16. The van der Waals surface area contributed by atoms with Gasteiger partial charge in [-0.3, -0.25) is 4.79 Å². The number of carbonyl (C=O) groups excluding carboxylic acids is 1. The van der Waals surface area contributed by atoms with E-state index in [0.29, 0.717) is 5.69 Å². The quantitative estimate of drug-likeness (QED) is 0.886. The number of rotatable bonds is 5. The molecule has 0 aliphatic carbocycles. The number of nitrogens with zero attached hydrogens (tertiary/aromatic N) is 1. The molecule has 1 aromatic rings. The van der Waals surface area contributed by atoms with Crippen LogP contribution in [-0.2, 0) is 9.53 Å². The second-order valence-electron chi connectivity index (χ2n) is 4.92. The van der Waals surface area contributed by atoms with Crippen molar-refractivity contribution in [2.75, 3.05) is 19.1 Å². The van der Waals surface area contributed by atoms with E-state index in [1.54, 1.807) is 32.4 Å². The van der Waals surface area contributed by atoms with Crippen molar-refractivity contribution in [1.29, 1.82) is 0 Å². The number of anilines is 1. The summed E-state index contributed by atoms with van der Waals surface area (Å²) in [5.41, 5.74) is -0.0933. The van der Waals surface area contributed by atoms with Crippen LogP contribution in [0.3, 0.4) is 0 Å². The van der Waals surface area contributed by atoms with Crippen LogP contribution in [0.15, 0.2) is 24.3 Å². The average molecular weight is 265 g/mol. The first-order chi connectivity index (χ1) is 8.78. The number of methoxy groups -OCH3 is 1. The SMILES string of the molecule is COC(C)(C)CC(=O)N(C)c1ccccc1C(=O)O. The highest BCUT2D eigenvalue weighted by molar-refractivity contribution is 6.01. The van der Waals surface area contributed by atoms with Gasteiger partial charge in [0.15, 0.2) is 0 Å². The number of para-hydroxylation sites is 1. The molecule has 1 amide bonds. The molecule has 5 heteroatoms. The summed E-state index contributed by atoms with van der Waals surface area (Å²) in [5.74, 6) is -1.25. The average Bonchev–Trinajstić information content (AvgIpc) is 2.37. The first kappa shape index (κ1) is 15.2. The van der Waals surface area contributed by atoms with E-state index in [9.17, 15) is 9.59 Å². The molecule has 0 fully saturated rings. The van der Waals surface area contributed by atoms with Crippen LogP contribution in [0.25, 0.3) is 0 Å². The first-order valence-electron chi connectivity index (χ1n) is 5.92. The Kier molecular flexibility index (Phi) is 4.67. The molecule has 0 atom stereocenters. The lowest BCUT2D eigenvalue weighted by Gasteiger charge is -2.26. The van der Waals surface area contributed by atoms with Crippen molar-refractivity contribution in [3.8, 4) is 0 Å². The van der Waals surface area contributed by atoms with Gasteiger partial charge in [0.1, 0.15) is 0 Å². The molecule has 0 aliphatic rings. The summed E-state index contributed by atoms with van der Waals surface area (Å²) in [6.07, 6.45) is 0.175. The van der Waals surface area contributed by atoms with Gasteiger partial charge in [-0.2, -0.15) is 0 Å². The summed E-state index contributed by atoms with van der Waals surface area (Å²) < 4.78 is 5.21. The molecule has 5 nitrogen and oxygen atoms in total. The van der Waals surface area contributed by atoms with Crippen LogP contribution in [0, 0.1) is 0 Å². The molecule has 0 saturated heterocycles. The van der Waals surface area contributed by atoms with Crippen LogP contribution in [-0.4, -0.2) is 36.7 Å². The van der Waals surface area contributed by atoms with Crippen molar-refractivity contribution in [1.82, 2.24) is 0 Å². The van der Waals surface area contributed by atoms with Crippen molar-refractivity contribution in [2.24, 2.45) is 0 Å². The number of ether oxygens (including phenoxy) is 1. The number of amides is 1. The van der Waals surface area contributed by atoms with Gasteiger partial charge in [-0.25, -0.2) is 4.79 Å². The third-order valence-electron chi connectivity index (χ3n) is 3.00. The van der Waals surface area contributed by atoms with Crippen LogP contribution >= 0.6 is 0 Å². The Labute approximate surface area is 112 Å². The third kappa shape index (κ3) is 3.79. The lowest BCUT2D eigenvalue weighted by Crippen LogP contribution is -2.35. The van der Waals surface area contributed by atoms with Gasteiger partial charge in [-0.15, -0.1) is 0 Å². The summed E-state index contributed by atoms with van der Waals surface area (Å²) in [6, 6.07) is 6.42. The number of benzene rings is 1. The minimum Gasteiger partial charge on any atom is -0.478 e. The largest absolute Gasteiger partial charge is 0.478 e. The molecule has 19 heavy (non-hydrogen) atoms. The first-order valence-corrected chi connectivity index (χ1v) is 5.92. The van der Waals surface area contributed by atoms with E-state index in [1.807, 2.05) is 13.8 Å². The Morgan fingerprint density at radius 3 is 2.42 bits per heavy atom. The van der Waals surface area contributed by atoms with E-state index < -0.39 is 11.6 Å². The number of hydrogen-bond acceptors (Lipinski definition) is 3. The fraction of sp³-hybridized carbons (Fsp3) is 0.429. The summed E-state index contributed by atoms with van der Waals surface area (Å²) in [7, 11) is 3.11. The van der Waals surface area contributed by atoms with Gasteiger partial charge < -0.3 is 14.7 Å². The summed E-state index contributed by atoms with van der Waals surface area (Å²) in [5, 5.41) is 9.11. The number of carbonyl (C=O) groups is 2. The minimum absolute atomic E-state index is 0.105. The van der Waals surface area contributed by atoms with Crippen LogP contribution in [0.1, 0.15) is 30.6 Å². The highest BCUT2D eigenvalue weighted by Gasteiger charge is 2.25. The van der Waals surface area contributed by atoms with Gasteiger partial charge in [0, 0.05) is 14.2 Å². The Morgan fingerprint density at radius 2 is 1.89 bits per heavy atom. The van der Waals surface area contributed by atoms with Crippen molar-refractivity contribution >= 4 is 17.6 Å². The van der Waals surface area contributed by atoms with Crippen LogP contribution in [0.4, 0.5) is 5.69 Å². The molecule has 0 radical (unpaired) electrons. The molecule has 1 N–H and O–H groups in total. The molecule has 0 unspecified atom stereocenters. The molecule has 104 valence electrons. The van der Waals surface area contributed by atoms with Gasteiger partial charge >= 0.3 is 5.97 Å². The van der Waals surface area contributed by atoms with Crippen molar-refractivity contribution in [3.05, 3.63) is 29.8 Å². The maximum absolute atomic E-state index is 12.1. The molecular formula is C14H19NO4. The van der Waals surface area contributed by atoms with Gasteiger partial charge in [-0.05, 0) is 26.0 Å². The van der Waals surface area contributed by atoms with E-state index in [4.69, 9.17) is 9.84 Å². The number of carboxylic acids is 1. The van der Waals surface area contributed by atoms with Crippen LogP contribution < -0.4 is 4.90 Å². The molecule has 0 spiro atoms. The smallest absolute Gasteiger partial charge is 0.337 e. The highest BCUT2D eigenvalue weighted by atomic mass is 16.5. The summed E-state index contributed by atoms with van der Waals surface area (Å²) >= 11 is 0. The molecule has 1 aromatic carbocycles. The number of carboxylic acid groups (broad SMARTS) is 1. The van der Waals surface area contributed by atoms with Crippen LogP contribution in [0.5, 0.6) is 0 Å². The van der Waals surface area contributed by atoms with Crippen molar-refractivity contribution in [3.63, 3.8) is 0 Å². The third-order valence-corrected chi connectivity index (χ3v) is 3.00. The second-order valence-corrected chi connectivity index (χ2v) is 4.92.